The van der Waals surface area contributed by atoms with Crippen molar-refractivity contribution in [1.82, 2.24) is 20.4 Å². The molecule has 2 N–H and O–H groups in total. The van der Waals surface area contributed by atoms with E-state index in [1.165, 1.54) is 0 Å². The van der Waals surface area contributed by atoms with Crippen molar-refractivity contribution in [2.75, 3.05) is 13.1 Å². The Morgan fingerprint density at radius 2 is 1.86 bits per heavy atom. The predicted octanol–water partition coefficient (Wildman–Crippen LogP) is 0.744. The van der Waals surface area contributed by atoms with E-state index < -0.39 is 0 Å². The van der Waals surface area contributed by atoms with Gasteiger partial charge in [0.25, 0.3) is 17.7 Å². The summed E-state index contributed by atoms with van der Waals surface area (Å²) >= 11 is 0. The molecule has 0 bridgehead atoms. The molecule has 22 heavy (non-hydrogen) atoms. The van der Waals surface area contributed by atoms with Gasteiger partial charge in [0.15, 0.2) is 0 Å². The van der Waals surface area contributed by atoms with Crippen LogP contribution in [0.5, 0.6) is 0 Å². The van der Waals surface area contributed by atoms with Crippen molar-refractivity contribution < 1.29 is 14.4 Å². The zero-order valence-corrected chi connectivity index (χ0v) is 11.9. The van der Waals surface area contributed by atoms with Gasteiger partial charge in [0.1, 0.15) is 5.69 Å². The highest BCUT2D eigenvalue weighted by Crippen LogP contribution is 2.21. The molecule has 2 aromatic rings. The lowest BCUT2D eigenvalue weighted by molar-refractivity contribution is 0.0649. The topological polar surface area (TPSA) is 95.2 Å². The Morgan fingerprint density at radius 3 is 2.41 bits per heavy atom. The number of carbonyl (C=O) groups is 3. The molecule has 3 amide bonds. The van der Waals surface area contributed by atoms with E-state index in [0.29, 0.717) is 11.1 Å². The van der Waals surface area contributed by atoms with Crippen molar-refractivity contribution in [1.29, 1.82) is 0 Å². The van der Waals surface area contributed by atoms with E-state index in [9.17, 15) is 14.4 Å². The molecule has 0 radical (unpaired) electrons. The van der Waals surface area contributed by atoms with Gasteiger partial charge < -0.3 is 5.32 Å². The van der Waals surface area contributed by atoms with E-state index in [1.807, 2.05) is 0 Å². The number of hydrogen-bond donors (Lipinski definition) is 2. The van der Waals surface area contributed by atoms with Crippen LogP contribution in [0.3, 0.4) is 0 Å². The fraction of sp³-hybridized carbons (Fsp3) is 0.200. The monoisotopic (exact) mass is 298 g/mol. The maximum absolute atomic E-state index is 12.1. The first-order valence-corrected chi connectivity index (χ1v) is 6.83. The number of amides is 3. The Bertz CT molecular complexity index is 731. The summed E-state index contributed by atoms with van der Waals surface area (Å²) in [6, 6.07) is 8.31. The van der Waals surface area contributed by atoms with E-state index in [2.05, 4.69) is 15.5 Å². The van der Waals surface area contributed by atoms with Crippen LogP contribution in [0.25, 0.3) is 0 Å². The van der Waals surface area contributed by atoms with E-state index in [4.69, 9.17) is 0 Å². The number of nitrogens with zero attached hydrogens (tertiary/aromatic N) is 2. The molecule has 1 aliphatic heterocycles. The van der Waals surface area contributed by atoms with Crippen LogP contribution < -0.4 is 5.32 Å². The van der Waals surface area contributed by atoms with Gasteiger partial charge in [0, 0.05) is 18.8 Å². The van der Waals surface area contributed by atoms with Gasteiger partial charge in [0.2, 0.25) is 0 Å². The van der Waals surface area contributed by atoms with Gasteiger partial charge in [-0.05, 0) is 25.1 Å². The average Bonchev–Trinajstić information content (AvgIpc) is 3.05. The summed E-state index contributed by atoms with van der Waals surface area (Å²) in [7, 11) is 0. The lowest BCUT2D eigenvalue weighted by atomic mass is 10.1. The average molecular weight is 298 g/mol. The summed E-state index contributed by atoms with van der Waals surface area (Å²) in [4.78, 5) is 37.2. The predicted molar refractivity (Wildman–Crippen MR) is 77.5 cm³/mol. The number of carbonyl (C=O) groups excluding carboxylic acids is 3. The number of hydrogen-bond acceptors (Lipinski definition) is 4. The Morgan fingerprint density at radius 1 is 1.23 bits per heavy atom. The number of H-pyrrole nitrogens is 1. The van der Waals surface area contributed by atoms with Crippen LogP contribution in [0.15, 0.2) is 30.3 Å². The van der Waals surface area contributed by atoms with Crippen molar-refractivity contribution in [3.05, 3.63) is 52.8 Å². The molecule has 1 aliphatic rings. The van der Waals surface area contributed by atoms with Crippen LogP contribution in [-0.2, 0) is 0 Å². The van der Waals surface area contributed by atoms with Crippen LogP contribution in [0.4, 0.5) is 0 Å². The summed E-state index contributed by atoms with van der Waals surface area (Å²) in [5.74, 6) is -1.00. The fourth-order valence-corrected chi connectivity index (χ4v) is 2.35. The quantitative estimate of drug-likeness (QED) is 0.814. The first-order valence-electron chi connectivity index (χ1n) is 6.83. The molecule has 0 unspecified atom stereocenters. The maximum atomic E-state index is 12.1. The Labute approximate surface area is 126 Å². The van der Waals surface area contributed by atoms with Gasteiger partial charge in [-0.1, -0.05) is 12.1 Å². The molecule has 0 aliphatic carbocycles. The molecule has 7 nitrogen and oxygen atoms in total. The minimum absolute atomic E-state index is 0.126. The van der Waals surface area contributed by atoms with Crippen LogP contribution in [-0.4, -0.2) is 45.9 Å². The lowest BCUT2D eigenvalue weighted by Crippen LogP contribution is -2.38. The zero-order chi connectivity index (χ0) is 15.7. The second-order valence-electron chi connectivity index (χ2n) is 5.00. The second-order valence-corrected chi connectivity index (χ2v) is 5.00. The molecular weight excluding hydrogens is 284 g/mol. The number of fused-ring (bicyclic) bond motifs is 1. The van der Waals surface area contributed by atoms with Crippen LogP contribution in [0.1, 0.15) is 36.9 Å². The third-order valence-corrected chi connectivity index (χ3v) is 3.44. The van der Waals surface area contributed by atoms with Crippen molar-refractivity contribution >= 4 is 17.7 Å². The summed E-state index contributed by atoms with van der Waals surface area (Å²) in [6.45, 7) is 2.10. The smallest absolute Gasteiger partial charge is 0.271 e. The standard InChI is InChI=1S/C15H14N4O3/c1-9-8-12(18-17-9)13(20)16-6-7-19-14(21)10-4-2-3-5-11(10)15(19)22/h2-5,8H,6-7H2,1H3,(H,16,20)(H,17,18). The zero-order valence-electron chi connectivity index (χ0n) is 11.9. The summed E-state index contributed by atoms with van der Waals surface area (Å²) in [5.41, 5.74) is 1.87. The number of aromatic amines is 1. The molecule has 3 rings (SSSR count). The van der Waals surface area contributed by atoms with Crippen molar-refractivity contribution in [2.45, 2.75) is 6.92 Å². The van der Waals surface area contributed by atoms with Crippen molar-refractivity contribution in [3.63, 3.8) is 0 Å². The van der Waals surface area contributed by atoms with Gasteiger partial charge in [-0.2, -0.15) is 5.10 Å². The number of aryl methyl sites for hydroxylation is 1. The lowest BCUT2D eigenvalue weighted by Gasteiger charge is -2.13. The SMILES string of the molecule is Cc1cc(C(=O)NCCN2C(=O)c3ccccc3C2=O)n[nH]1. The molecule has 0 spiro atoms. The van der Waals surface area contributed by atoms with Gasteiger partial charge in [-0.25, -0.2) is 0 Å². The van der Waals surface area contributed by atoms with Crippen molar-refractivity contribution in [2.24, 2.45) is 0 Å². The summed E-state index contributed by atoms with van der Waals surface area (Å²) in [5, 5.41) is 9.16. The van der Waals surface area contributed by atoms with E-state index >= 15 is 0 Å². The molecule has 2 heterocycles. The van der Waals surface area contributed by atoms with E-state index in [-0.39, 0.29) is 36.5 Å². The van der Waals surface area contributed by atoms with Crippen LogP contribution in [0.2, 0.25) is 0 Å². The Balaban J connectivity index is 1.60. The highest BCUT2D eigenvalue weighted by atomic mass is 16.2. The Kier molecular flexibility index (Phi) is 3.46. The molecule has 0 atom stereocenters. The first kappa shape index (κ1) is 14.0. The molecule has 7 heteroatoms. The molecular formula is C15H14N4O3. The molecule has 112 valence electrons. The van der Waals surface area contributed by atoms with E-state index in [0.717, 1.165) is 10.6 Å². The number of imide groups is 1. The molecule has 1 aromatic heterocycles. The van der Waals surface area contributed by atoms with Crippen LogP contribution in [0, 0.1) is 6.92 Å². The summed E-state index contributed by atoms with van der Waals surface area (Å²) < 4.78 is 0. The van der Waals surface area contributed by atoms with E-state index in [1.54, 1.807) is 37.3 Å². The van der Waals surface area contributed by atoms with Crippen molar-refractivity contribution in [3.8, 4) is 0 Å². The van der Waals surface area contributed by atoms with Gasteiger partial charge in [-0.3, -0.25) is 24.4 Å². The first-order chi connectivity index (χ1) is 10.6. The third kappa shape index (κ3) is 2.37. The van der Waals surface area contributed by atoms with Crippen LogP contribution >= 0.6 is 0 Å². The third-order valence-electron chi connectivity index (χ3n) is 3.44. The minimum Gasteiger partial charge on any atom is -0.349 e. The van der Waals surface area contributed by atoms with Gasteiger partial charge >= 0.3 is 0 Å². The number of nitrogens with one attached hydrogen (secondary N) is 2. The molecule has 0 fully saturated rings. The normalized spacial score (nSPS) is 13.4. The second kappa shape index (κ2) is 5.44. The number of aromatic nitrogens is 2. The molecule has 0 saturated heterocycles. The highest BCUT2D eigenvalue weighted by molar-refractivity contribution is 6.21. The molecule has 0 saturated carbocycles. The van der Waals surface area contributed by atoms with Gasteiger partial charge in [0.05, 0.1) is 11.1 Å². The summed E-state index contributed by atoms with van der Waals surface area (Å²) in [6.07, 6.45) is 0. The Hall–Kier alpha value is -2.96. The molecule has 1 aromatic carbocycles. The fourth-order valence-electron chi connectivity index (χ4n) is 2.35. The number of benzene rings is 1. The highest BCUT2D eigenvalue weighted by Gasteiger charge is 2.34. The largest absolute Gasteiger partial charge is 0.349 e. The minimum atomic E-state index is -0.346. The van der Waals surface area contributed by atoms with Gasteiger partial charge in [-0.15, -0.1) is 0 Å². The maximum Gasteiger partial charge on any atom is 0.271 e. The number of rotatable bonds is 4.